The highest BCUT2D eigenvalue weighted by Crippen LogP contribution is 2.62. The van der Waals surface area contributed by atoms with Gasteiger partial charge in [0.15, 0.2) is 11.2 Å². The number of aromatic nitrogens is 1. The van der Waals surface area contributed by atoms with Crippen LogP contribution in [-0.2, 0) is 16.5 Å². The number of hydrogen-bond acceptors (Lipinski definition) is 3. The maximum absolute atomic E-state index is 13.6. The Labute approximate surface area is 139 Å². The summed E-state index contributed by atoms with van der Waals surface area (Å²) in [5.74, 6) is -0.0392. The molecule has 0 radical (unpaired) electrons. The van der Waals surface area contributed by atoms with Crippen LogP contribution in [0.2, 0.25) is 0 Å². The average Bonchev–Trinajstić information content (AvgIpc) is 3.38. The molecular weight excluding hydrogens is 345 g/mol. The van der Waals surface area contributed by atoms with E-state index in [9.17, 15) is 22.0 Å². The summed E-state index contributed by atoms with van der Waals surface area (Å²) in [5.41, 5.74) is -3.88. The lowest BCUT2D eigenvalue weighted by Gasteiger charge is -2.35. The van der Waals surface area contributed by atoms with E-state index < -0.39 is 42.4 Å². The number of fused-ring (bicyclic) bond motifs is 3. The SMILES string of the molecule is FCC1(CF)Oc2ccc(C(F)(F)F)cc2C2(c3ccccn3)OC12. The standard InChI is InChI=1S/C17H12F5NO2/c18-8-15(9-19)14-16(25-14,13-3-1-2-6-23-13)11-7-10(17(20,21)22)4-5-12(11)24-15/h1-7,14H,8-9H2. The molecular formula is C17H12F5NO2. The van der Waals surface area contributed by atoms with Gasteiger partial charge in [0, 0.05) is 11.8 Å². The van der Waals surface area contributed by atoms with E-state index in [4.69, 9.17) is 9.47 Å². The van der Waals surface area contributed by atoms with Gasteiger partial charge in [-0.3, -0.25) is 4.98 Å². The van der Waals surface area contributed by atoms with Gasteiger partial charge >= 0.3 is 6.18 Å². The van der Waals surface area contributed by atoms with Crippen molar-refractivity contribution in [1.82, 2.24) is 4.98 Å². The van der Waals surface area contributed by atoms with Crippen molar-refractivity contribution in [2.24, 2.45) is 0 Å². The first kappa shape index (κ1) is 16.3. The molecule has 2 aliphatic rings. The Morgan fingerprint density at radius 2 is 1.84 bits per heavy atom. The number of benzene rings is 1. The fourth-order valence-electron chi connectivity index (χ4n) is 3.34. The Kier molecular flexibility index (Phi) is 3.34. The third-order valence-electron chi connectivity index (χ3n) is 4.61. The molecule has 8 heteroatoms. The molecule has 25 heavy (non-hydrogen) atoms. The van der Waals surface area contributed by atoms with Gasteiger partial charge in [-0.1, -0.05) is 6.07 Å². The van der Waals surface area contributed by atoms with Crippen LogP contribution in [0.15, 0.2) is 42.6 Å². The summed E-state index contributed by atoms with van der Waals surface area (Å²) >= 11 is 0. The second kappa shape index (κ2) is 5.14. The number of pyridine rings is 1. The van der Waals surface area contributed by atoms with Gasteiger partial charge in [0.2, 0.25) is 0 Å². The van der Waals surface area contributed by atoms with Gasteiger partial charge in [-0.15, -0.1) is 0 Å². The molecule has 0 amide bonds. The van der Waals surface area contributed by atoms with E-state index in [1.54, 1.807) is 18.2 Å². The zero-order valence-corrected chi connectivity index (χ0v) is 12.7. The van der Waals surface area contributed by atoms with Crippen molar-refractivity contribution in [3.63, 3.8) is 0 Å². The monoisotopic (exact) mass is 357 g/mol. The van der Waals surface area contributed by atoms with Gasteiger partial charge in [0.05, 0.1) is 11.3 Å². The van der Waals surface area contributed by atoms with Gasteiger partial charge in [0.1, 0.15) is 25.2 Å². The van der Waals surface area contributed by atoms with E-state index in [-0.39, 0.29) is 17.0 Å². The highest BCUT2D eigenvalue weighted by atomic mass is 19.4. The van der Waals surface area contributed by atoms with Gasteiger partial charge in [0.25, 0.3) is 0 Å². The maximum atomic E-state index is 13.6. The van der Waals surface area contributed by atoms with E-state index >= 15 is 0 Å². The number of alkyl halides is 5. The molecule has 3 heterocycles. The Bertz CT molecular complexity index is 806. The number of hydrogen-bond donors (Lipinski definition) is 0. The predicted octanol–water partition coefficient (Wildman–Crippen LogP) is 3.81. The molecule has 0 spiro atoms. The summed E-state index contributed by atoms with van der Waals surface area (Å²) in [6, 6.07) is 7.59. The zero-order valence-electron chi connectivity index (χ0n) is 12.7. The highest BCUT2D eigenvalue weighted by Gasteiger charge is 2.74. The van der Waals surface area contributed by atoms with Crippen LogP contribution in [0.4, 0.5) is 22.0 Å². The molecule has 2 atom stereocenters. The topological polar surface area (TPSA) is 34.6 Å². The molecule has 1 aromatic heterocycles. The largest absolute Gasteiger partial charge is 0.478 e. The van der Waals surface area contributed by atoms with Crippen molar-refractivity contribution in [2.45, 2.75) is 23.5 Å². The molecule has 1 saturated heterocycles. The van der Waals surface area contributed by atoms with Crippen LogP contribution in [0.5, 0.6) is 5.75 Å². The van der Waals surface area contributed by atoms with E-state index in [0.29, 0.717) is 0 Å². The summed E-state index contributed by atoms with van der Waals surface area (Å²) in [6.45, 7) is -2.35. The number of ether oxygens (including phenoxy) is 2. The molecule has 0 bridgehead atoms. The van der Waals surface area contributed by atoms with Gasteiger partial charge in [-0.25, -0.2) is 8.78 Å². The fraction of sp³-hybridized carbons (Fsp3) is 0.353. The minimum atomic E-state index is -4.57. The first-order valence-electron chi connectivity index (χ1n) is 7.49. The Morgan fingerprint density at radius 3 is 2.44 bits per heavy atom. The van der Waals surface area contributed by atoms with Crippen molar-refractivity contribution in [1.29, 1.82) is 0 Å². The number of rotatable bonds is 3. The summed E-state index contributed by atoms with van der Waals surface area (Å²) in [6.07, 6.45) is -4.22. The number of nitrogens with zero attached hydrogens (tertiary/aromatic N) is 1. The Hall–Kier alpha value is -2.22. The molecule has 132 valence electrons. The second-order valence-corrected chi connectivity index (χ2v) is 6.09. The maximum Gasteiger partial charge on any atom is 0.416 e. The quantitative estimate of drug-likeness (QED) is 0.619. The molecule has 3 nitrogen and oxygen atoms in total. The Balaban J connectivity index is 1.94. The van der Waals surface area contributed by atoms with Crippen molar-refractivity contribution in [3.05, 3.63) is 59.4 Å². The number of halogens is 5. The lowest BCUT2D eigenvalue weighted by atomic mass is 9.80. The molecule has 0 saturated carbocycles. The van der Waals surface area contributed by atoms with Crippen LogP contribution >= 0.6 is 0 Å². The van der Waals surface area contributed by atoms with E-state index in [0.717, 1.165) is 18.2 Å². The summed E-state index contributed by atoms with van der Waals surface area (Å²) in [4.78, 5) is 4.13. The predicted molar refractivity (Wildman–Crippen MR) is 76.6 cm³/mol. The molecule has 0 N–H and O–H groups in total. The lowest BCUT2D eigenvalue weighted by molar-refractivity contribution is -0.137. The van der Waals surface area contributed by atoms with Crippen molar-refractivity contribution < 1.29 is 31.4 Å². The average molecular weight is 357 g/mol. The third kappa shape index (κ3) is 2.16. The number of epoxide rings is 1. The van der Waals surface area contributed by atoms with E-state index in [1.807, 2.05) is 0 Å². The first-order valence-corrected chi connectivity index (χ1v) is 7.49. The zero-order chi connectivity index (χ0) is 17.9. The van der Waals surface area contributed by atoms with Crippen molar-refractivity contribution in [2.75, 3.05) is 13.3 Å². The molecule has 4 rings (SSSR count). The molecule has 2 unspecified atom stereocenters. The van der Waals surface area contributed by atoms with E-state index in [1.165, 1.54) is 6.20 Å². The third-order valence-corrected chi connectivity index (χ3v) is 4.61. The van der Waals surface area contributed by atoms with Crippen molar-refractivity contribution >= 4 is 0 Å². The normalized spacial score (nSPS) is 26.4. The van der Waals surface area contributed by atoms with Crippen LogP contribution in [-0.4, -0.2) is 30.0 Å². The van der Waals surface area contributed by atoms with Crippen LogP contribution < -0.4 is 4.74 Å². The van der Waals surface area contributed by atoms with Gasteiger partial charge < -0.3 is 9.47 Å². The van der Waals surface area contributed by atoms with Crippen LogP contribution in [0.3, 0.4) is 0 Å². The molecule has 2 aromatic rings. The van der Waals surface area contributed by atoms with Gasteiger partial charge in [-0.05, 0) is 30.3 Å². The summed E-state index contributed by atoms with van der Waals surface area (Å²) < 4.78 is 77.5. The molecule has 0 aliphatic carbocycles. The summed E-state index contributed by atoms with van der Waals surface area (Å²) in [7, 11) is 0. The summed E-state index contributed by atoms with van der Waals surface area (Å²) in [5, 5.41) is 0. The van der Waals surface area contributed by atoms with E-state index in [2.05, 4.69) is 4.98 Å². The highest BCUT2D eigenvalue weighted by molar-refractivity contribution is 5.54. The molecule has 2 aliphatic heterocycles. The van der Waals surface area contributed by atoms with Crippen LogP contribution in [0, 0.1) is 0 Å². The molecule has 1 fully saturated rings. The van der Waals surface area contributed by atoms with Crippen LogP contribution in [0.25, 0.3) is 0 Å². The minimum absolute atomic E-state index is 0.0392. The molecule has 1 aromatic carbocycles. The second-order valence-electron chi connectivity index (χ2n) is 6.09. The van der Waals surface area contributed by atoms with Crippen molar-refractivity contribution in [3.8, 4) is 5.75 Å². The minimum Gasteiger partial charge on any atom is -0.478 e. The smallest absolute Gasteiger partial charge is 0.416 e. The Morgan fingerprint density at radius 1 is 1.08 bits per heavy atom. The van der Waals surface area contributed by atoms with Gasteiger partial charge in [-0.2, -0.15) is 13.2 Å². The first-order chi connectivity index (χ1) is 11.9. The fourth-order valence-corrected chi connectivity index (χ4v) is 3.34. The van der Waals surface area contributed by atoms with Crippen LogP contribution in [0.1, 0.15) is 16.8 Å². The lowest BCUT2D eigenvalue weighted by Crippen LogP contribution is -2.52.